The van der Waals surface area contributed by atoms with E-state index in [4.69, 9.17) is 4.74 Å². The summed E-state index contributed by atoms with van der Waals surface area (Å²) in [5.41, 5.74) is 2.63. The van der Waals surface area contributed by atoms with Gasteiger partial charge in [0.1, 0.15) is 0 Å². The minimum Gasteiger partial charge on any atom is -0.378 e. The van der Waals surface area contributed by atoms with E-state index < -0.39 is 0 Å². The SMILES string of the molecule is O=C(CCCC(=O)N1Cc2cnc(N3CCOCC3)nc2C1)c1ccccc1. The van der Waals surface area contributed by atoms with E-state index >= 15 is 0 Å². The maximum atomic E-state index is 12.6. The van der Waals surface area contributed by atoms with Gasteiger partial charge in [-0.15, -0.1) is 0 Å². The number of morpholine rings is 1. The summed E-state index contributed by atoms with van der Waals surface area (Å²) in [7, 11) is 0. The third kappa shape index (κ3) is 4.20. The lowest BCUT2D eigenvalue weighted by Crippen LogP contribution is -2.37. The van der Waals surface area contributed by atoms with Crippen LogP contribution in [-0.4, -0.2) is 52.9 Å². The second-order valence-electron chi connectivity index (χ2n) is 7.13. The molecule has 1 aromatic heterocycles. The molecule has 0 spiro atoms. The molecule has 7 nitrogen and oxygen atoms in total. The first-order chi connectivity index (χ1) is 13.7. The molecular formula is C21H24N4O3. The molecule has 146 valence electrons. The highest BCUT2D eigenvalue weighted by molar-refractivity contribution is 5.96. The average Bonchev–Trinajstić information content (AvgIpc) is 3.18. The van der Waals surface area contributed by atoms with Crippen molar-refractivity contribution in [2.75, 3.05) is 31.2 Å². The summed E-state index contributed by atoms with van der Waals surface area (Å²) in [5.74, 6) is 0.857. The highest BCUT2D eigenvalue weighted by Gasteiger charge is 2.26. The highest BCUT2D eigenvalue weighted by Crippen LogP contribution is 2.24. The number of fused-ring (bicyclic) bond motifs is 1. The van der Waals surface area contributed by atoms with E-state index in [1.807, 2.05) is 36.5 Å². The first-order valence-corrected chi connectivity index (χ1v) is 9.74. The van der Waals surface area contributed by atoms with Gasteiger partial charge in [-0.2, -0.15) is 0 Å². The van der Waals surface area contributed by atoms with Crippen LogP contribution in [0.5, 0.6) is 0 Å². The van der Waals surface area contributed by atoms with E-state index in [0.717, 1.165) is 24.3 Å². The van der Waals surface area contributed by atoms with Gasteiger partial charge in [0.2, 0.25) is 11.9 Å². The number of hydrogen-bond donors (Lipinski definition) is 0. The highest BCUT2D eigenvalue weighted by atomic mass is 16.5. The Hall–Kier alpha value is -2.80. The molecule has 4 rings (SSSR count). The Kier molecular flexibility index (Phi) is 5.62. The number of ketones is 1. The molecule has 0 saturated carbocycles. The molecule has 7 heteroatoms. The van der Waals surface area contributed by atoms with Gasteiger partial charge in [0.25, 0.3) is 0 Å². The summed E-state index contributed by atoms with van der Waals surface area (Å²) in [5, 5.41) is 0. The number of anilines is 1. The zero-order valence-corrected chi connectivity index (χ0v) is 15.8. The predicted molar refractivity (Wildman–Crippen MR) is 104 cm³/mol. The lowest BCUT2D eigenvalue weighted by Gasteiger charge is -2.26. The van der Waals surface area contributed by atoms with Gasteiger partial charge in [0.05, 0.1) is 25.5 Å². The lowest BCUT2D eigenvalue weighted by atomic mass is 10.1. The first-order valence-electron chi connectivity index (χ1n) is 9.74. The second-order valence-corrected chi connectivity index (χ2v) is 7.13. The quantitative estimate of drug-likeness (QED) is 0.715. The third-order valence-corrected chi connectivity index (χ3v) is 5.18. The van der Waals surface area contributed by atoms with Crippen molar-refractivity contribution in [1.29, 1.82) is 0 Å². The molecule has 1 saturated heterocycles. The van der Waals surface area contributed by atoms with Crippen molar-refractivity contribution in [3.63, 3.8) is 0 Å². The van der Waals surface area contributed by atoms with Gasteiger partial charge >= 0.3 is 0 Å². The number of carbonyl (C=O) groups excluding carboxylic acids is 2. The molecule has 2 aromatic rings. The van der Waals surface area contributed by atoms with E-state index in [1.165, 1.54) is 0 Å². The van der Waals surface area contributed by atoms with Crippen molar-refractivity contribution >= 4 is 17.6 Å². The van der Waals surface area contributed by atoms with Crippen LogP contribution in [0.1, 0.15) is 40.9 Å². The number of benzene rings is 1. The predicted octanol–water partition coefficient (Wildman–Crippen LogP) is 2.21. The van der Waals surface area contributed by atoms with Crippen molar-refractivity contribution in [1.82, 2.24) is 14.9 Å². The topological polar surface area (TPSA) is 75.6 Å². The first kappa shape index (κ1) is 18.6. The van der Waals surface area contributed by atoms with E-state index in [1.54, 1.807) is 4.90 Å². The Morgan fingerprint density at radius 3 is 2.61 bits per heavy atom. The maximum absolute atomic E-state index is 12.6. The number of hydrogen-bond acceptors (Lipinski definition) is 6. The standard InChI is InChI=1S/C21H24N4O3/c26-19(16-5-2-1-3-6-16)7-4-8-20(27)25-14-17-13-22-21(23-18(17)15-25)24-9-11-28-12-10-24/h1-3,5-6,13H,4,7-12,14-15H2. The van der Waals surface area contributed by atoms with Gasteiger partial charge in [0, 0.05) is 49.8 Å². The van der Waals surface area contributed by atoms with Gasteiger partial charge < -0.3 is 14.5 Å². The lowest BCUT2D eigenvalue weighted by molar-refractivity contribution is -0.131. The minimum absolute atomic E-state index is 0.0618. The van der Waals surface area contributed by atoms with E-state index in [0.29, 0.717) is 57.1 Å². The summed E-state index contributed by atoms with van der Waals surface area (Å²) in [6.45, 7) is 4.01. The summed E-state index contributed by atoms with van der Waals surface area (Å²) >= 11 is 0. The van der Waals surface area contributed by atoms with Gasteiger partial charge in [0.15, 0.2) is 5.78 Å². The van der Waals surface area contributed by atoms with Crippen LogP contribution in [0, 0.1) is 0 Å². The van der Waals surface area contributed by atoms with Gasteiger partial charge in [-0.1, -0.05) is 30.3 Å². The Balaban J connectivity index is 1.29. The normalized spacial score (nSPS) is 16.1. The zero-order chi connectivity index (χ0) is 19.3. The molecule has 0 unspecified atom stereocenters. The van der Waals surface area contributed by atoms with Crippen LogP contribution in [0.4, 0.5) is 5.95 Å². The Morgan fingerprint density at radius 2 is 1.82 bits per heavy atom. The molecular weight excluding hydrogens is 356 g/mol. The van der Waals surface area contributed by atoms with Crippen LogP contribution in [0.25, 0.3) is 0 Å². The van der Waals surface area contributed by atoms with Crippen LogP contribution >= 0.6 is 0 Å². The van der Waals surface area contributed by atoms with Crippen molar-refractivity contribution in [3.05, 3.63) is 53.3 Å². The molecule has 0 N–H and O–H groups in total. The fourth-order valence-electron chi connectivity index (χ4n) is 3.56. The second kappa shape index (κ2) is 8.48. The maximum Gasteiger partial charge on any atom is 0.225 e. The molecule has 0 radical (unpaired) electrons. The van der Waals surface area contributed by atoms with E-state index in [2.05, 4.69) is 14.9 Å². The van der Waals surface area contributed by atoms with Crippen LogP contribution in [0.15, 0.2) is 36.5 Å². The molecule has 3 heterocycles. The van der Waals surface area contributed by atoms with Crippen molar-refractivity contribution in [2.24, 2.45) is 0 Å². The number of rotatable bonds is 6. The van der Waals surface area contributed by atoms with Crippen molar-refractivity contribution < 1.29 is 14.3 Å². The fourth-order valence-corrected chi connectivity index (χ4v) is 3.56. The van der Waals surface area contributed by atoms with Crippen LogP contribution < -0.4 is 4.90 Å². The minimum atomic E-state index is 0.0618. The van der Waals surface area contributed by atoms with Crippen molar-refractivity contribution in [2.45, 2.75) is 32.4 Å². The van der Waals surface area contributed by atoms with E-state index in [9.17, 15) is 9.59 Å². The average molecular weight is 380 g/mol. The largest absolute Gasteiger partial charge is 0.378 e. The Bertz CT molecular complexity index is 850. The molecule has 1 amide bonds. The van der Waals surface area contributed by atoms with Crippen LogP contribution in [-0.2, 0) is 22.6 Å². The number of Topliss-reactive ketones (excluding diaryl/α,β-unsaturated/α-hetero) is 1. The molecule has 0 aliphatic carbocycles. The molecule has 0 bridgehead atoms. The van der Waals surface area contributed by atoms with Crippen molar-refractivity contribution in [3.8, 4) is 0 Å². The van der Waals surface area contributed by atoms with Gasteiger partial charge in [-0.05, 0) is 6.42 Å². The molecule has 28 heavy (non-hydrogen) atoms. The molecule has 2 aliphatic heterocycles. The number of aromatic nitrogens is 2. The molecule has 0 atom stereocenters. The zero-order valence-electron chi connectivity index (χ0n) is 15.8. The Morgan fingerprint density at radius 1 is 1.04 bits per heavy atom. The monoisotopic (exact) mass is 380 g/mol. The van der Waals surface area contributed by atoms with E-state index in [-0.39, 0.29) is 11.7 Å². The van der Waals surface area contributed by atoms with Gasteiger partial charge in [-0.25, -0.2) is 9.97 Å². The van der Waals surface area contributed by atoms with Crippen LogP contribution in [0.3, 0.4) is 0 Å². The summed E-state index contributed by atoms with van der Waals surface area (Å²) in [6, 6.07) is 9.22. The number of carbonyl (C=O) groups is 2. The van der Waals surface area contributed by atoms with Gasteiger partial charge in [-0.3, -0.25) is 9.59 Å². The summed E-state index contributed by atoms with van der Waals surface area (Å²) < 4.78 is 5.37. The summed E-state index contributed by atoms with van der Waals surface area (Å²) in [6.07, 6.45) is 3.15. The number of amides is 1. The molecule has 1 fully saturated rings. The third-order valence-electron chi connectivity index (χ3n) is 5.18. The molecule has 2 aliphatic rings. The Labute approximate surface area is 164 Å². The summed E-state index contributed by atoms with van der Waals surface area (Å²) in [4.78, 5) is 37.8. The fraction of sp³-hybridized carbons (Fsp3) is 0.429. The number of ether oxygens (including phenoxy) is 1. The molecule has 1 aromatic carbocycles. The van der Waals surface area contributed by atoms with Crippen LogP contribution in [0.2, 0.25) is 0 Å². The number of nitrogens with zero attached hydrogens (tertiary/aromatic N) is 4. The smallest absolute Gasteiger partial charge is 0.225 e.